The van der Waals surface area contributed by atoms with Gasteiger partial charge in [0.1, 0.15) is 0 Å². The van der Waals surface area contributed by atoms with E-state index in [0.717, 1.165) is 36.9 Å². The number of para-hydroxylation sites is 1. The number of nitrogens with zero attached hydrogens (tertiary/aromatic N) is 1. The van der Waals surface area contributed by atoms with Crippen molar-refractivity contribution in [1.82, 2.24) is 9.97 Å². The molecule has 25 heavy (non-hydrogen) atoms. The predicted molar refractivity (Wildman–Crippen MR) is 106 cm³/mol. The molecule has 3 N–H and O–H groups in total. The molecule has 0 amide bonds. The van der Waals surface area contributed by atoms with E-state index in [9.17, 15) is 0 Å². The first-order valence-corrected chi connectivity index (χ1v) is 8.93. The third-order valence-corrected chi connectivity index (χ3v) is 4.82. The highest BCUT2D eigenvalue weighted by molar-refractivity contribution is 5.93. The lowest BCUT2D eigenvalue weighted by atomic mass is 9.99. The van der Waals surface area contributed by atoms with Crippen molar-refractivity contribution in [2.24, 2.45) is 5.73 Å². The minimum atomic E-state index is 0.744. The Morgan fingerprint density at radius 2 is 1.92 bits per heavy atom. The van der Waals surface area contributed by atoms with Crippen molar-refractivity contribution in [1.29, 1.82) is 0 Å². The number of hydrogen-bond acceptors (Lipinski definition) is 2. The smallest absolute Gasteiger partial charge is 0.0702 e. The van der Waals surface area contributed by atoms with Crippen molar-refractivity contribution in [3.05, 3.63) is 65.9 Å². The Bertz CT molecular complexity index is 1030. The molecule has 0 unspecified atom stereocenters. The van der Waals surface area contributed by atoms with Gasteiger partial charge in [0.05, 0.1) is 11.2 Å². The number of aromatic amines is 1. The van der Waals surface area contributed by atoms with Crippen LogP contribution in [0.4, 0.5) is 0 Å². The highest BCUT2D eigenvalue weighted by atomic mass is 14.7. The number of nitrogens with one attached hydrogen (secondary N) is 1. The van der Waals surface area contributed by atoms with Gasteiger partial charge in [-0.25, -0.2) is 0 Å². The molecule has 3 nitrogen and oxygen atoms in total. The van der Waals surface area contributed by atoms with Crippen molar-refractivity contribution in [3.63, 3.8) is 0 Å². The second-order valence-corrected chi connectivity index (χ2v) is 6.69. The lowest BCUT2D eigenvalue weighted by Crippen LogP contribution is -1.99. The highest BCUT2D eigenvalue weighted by Crippen LogP contribution is 2.33. The Morgan fingerprint density at radius 3 is 2.80 bits per heavy atom. The largest absolute Gasteiger partial charge is 0.354 e. The topological polar surface area (TPSA) is 54.7 Å². The van der Waals surface area contributed by atoms with Crippen LogP contribution < -0.4 is 5.73 Å². The average Bonchev–Trinajstić information content (AvgIpc) is 2.99. The first-order chi connectivity index (χ1) is 12.3. The van der Waals surface area contributed by atoms with Crippen LogP contribution in [0.3, 0.4) is 0 Å². The molecule has 0 spiro atoms. The number of nitrogens with two attached hydrogens (primary N) is 1. The molecule has 2 heterocycles. The fourth-order valence-corrected chi connectivity index (χ4v) is 3.52. The molecule has 4 rings (SSSR count). The Balaban J connectivity index is 1.87. The van der Waals surface area contributed by atoms with Crippen molar-refractivity contribution >= 4 is 21.8 Å². The minimum absolute atomic E-state index is 0.744. The number of unbranched alkanes of at least 4 members (excludes halogenated alkanes) is 1. The lowest BCUT2D eigenvalue weighted by Gasteiger charge is -2.06. The van der Waals surface area contributed by atoms with Crippen LogP contribution in [0.5, 0.6) is 0 Å². The van der Waals surface area contributed by atoms with E-state index in [4.69, 9.17) is 5.73 Å². The van der Waals surface area contributed by atoms with Crippen LogP contribution in [0.25, 0.3) is 33.1 Å². The molecule has 2 aromatic carbocycles. The van der Waals surface area contributed by atoms with Gasteiger partial charge >= 0.3 is 0 Å². The summed E-state index contributed by atoms with van der Waals surface area (Å²) in [7, 11) is 0. The van der Waals surface area contributed by atoms with E-state index in [0.29, 0.717) is 0 Å². The minimum Gasteiger partial charge on any atom is -0.354 e. The van der Waals surface area contributed by atoms with Crippen molar-refractivity contribution in [3.8, 4) is 11.3 Å². The number of H-pyrrole nitrogens is 1. The fourth-order valence-electron chi connectivity index (χ4n) is 3.52. The van der Waals surface area contributed by atoms with Gasteiger partial charge in [0.25, 0.3) is 0 Å². The normalized spacial score (nSPS) is 11.4. The van der Waals surface area contributed by atoms with E-state index in [1.165, 1.54) is 33.1 Å². The fraction of sp³-hybridized carbons (Fsp3) is 0.227. The number of aromatic nitrogens is 2. The summed E-state index contributed by atoms with van der Waals surface area (Å²) in [5.74, 6) is 0. The van der Waals surface area contributed by atoms with Gasteiger partial charge in [0, 0.05) is 28.0 Å². The second kappa shape index (κ2) is 6.69. The first-order valence-electron chi connectivity index (χ1n) is 8.93. The number of fused-ring (bicyclic) bond motifs is 2. The van der Waals surface area contributed by atoms with E-state index >= 15 is 0 Å². The summed E-state index contributed by atoms with van der Waals surface area (Å²) < 4.78 is 0. The van der Waals surface area contributed by atoms with Gasteiger partial charge in [0.15, 0.2) is 0 Å². The molecule has 4 aromatic rings. The molecule has 3 heteroatoms. The predicted octanol–water partition coefficient (Wildman–Crippen LogP) is 4.97. The molecule has 0 aliphatic heterocycles. The molecule has 0 aliphatic rings. The summed E-state index contributed by atoms with van der Waals surface area (Å²) in [4.78, 5) is 8.27. The Hall–Kier alpha value is -2.65. The zero-order chi connectivity index (χ0) is 17.2. The van der Waals surface area contributed by atoms with Crippen LogP contribution in [0, 0.1) is 6.92 Å². The molecule has 0 aliphatic carbocycles. The first kappa shape index (κ1) is 15.9. The van der Waals surface area contributed by atoms with Gasteiger partial charge in [-0.2, -0.15) is 0 Å². The Morgan fingerprint density at radius 1 is 1.04 bits per heavy atom. The van der Waals surface area contributed by atoms with Gasteiger partial charge in [-0.3, -0.25) is 4.98 Å². The number of hydrogen-bond donors (Lipinski definition) is 2. The van der Waals surface area contributed by atoms with Crippen LogP contribution >= 0.6 is 0 Å². The summed E-state index contributed by atoms with van der Waals surface area (Å²) in [5.41, 5.74) is 12.9. The molecule has 0 radical (unpaired) electrons. The molecule has 126 valence electrons. The van der Waals surface area contributed by atoms with Crippen molar-refractivity contribution in [2.75, 3.05) is 6.54 Å². The summed E-state index contributed by atoms with van der Waals surface area (Å²) in [6.45, 7) is 2.89. The Labute approximate surface area is 147 Å². The van der Waals surface area contributed by atoms with Crippen molar-refractivity contribution < 1.29 is 0 Å². The van der Waals surface area contributed by atoms with E-state index in [-0.39, 0.29) is 0 Å². The number of rotatable bonds is 5. The summed E-state index contributed by atoms with van der Waals surface area (Å²) in [6, 6.07) is 17.1. The van der Waals surface area contributed by atoms with E-state index in [1.807, 2.05) is 12.3 Å². The average molecular weight is 329 g/mol. The molecule has 2 aromatic heterocycles. The highest BCUT2D eigenvalue weighted by Gasteiger charge is 2.14. The second-order valence-electron chi connectivity index (χ2n) is 6.69. The third-order valence-electron chi connectivity index (χ3n) is 4.82. The van der Waals surface area contributed by atoms with Crippen LogP contribution in [0.2, 0.25) is 0 Å². The molecule has 0 bridgehead atoms. The maximum Gasteiger partial charge on any atom is 0.0702 e. The van der Waals surface area contributed by atoms with Gasteiger partial charge in [-0.1, -0.05) is 29.8 Å². The van der Waals surface area contributed by atoms with Gasteiger partial charge in [-0.15, -0.1) is 0 Å². The number of aryl methyl sites for hydroxylation is 2. The van der Waals surface area contributed by atoms with Gasteiger partial charge in [0.2, 0.25) is 0 Å². The maximum absolute atomic E-state index is 5.70. The quantitative estimate of drug-likeness (QED) is 0.508. The van der Waals surface area contributed by atoms with Crippen LogP contribution in [0.15, 0.2) is 54.7 Å². The lowest BCUT2D eigenvalue weighted by molar-refractivity contribution is 0.748. The van der Waals surface area contributed by atoms with E-state index in [2.05, 4.69) is 59.4 Å². The molecular weight excluding hydrogens is 306 g/mol. The van der Waals surface area contributed by atoms with Crippen molar-refractivity contribution in [2.45, 2.75) is 26.2 Å². The monoisotopic (exact) mass is 329 g/mol. The molecule has 0 saturated carbocycles. The van der Waals surface area contributed by atoms with Gasteiger partial charge in [-0.05, 0) is 62.6 Å². The SMILES string of the molecule is Cc1ccc2[nH]c(-c3cnc4ccccc4c3)c(CCCCN)c2c1. The number of pyridine rings is 1. The molecule has 0 atom stereocenters. The zero-order valence-corrected chi connectivity index (χ0v) is 14.5. The van der Waals surface area contributed by atoms with Crippen LogP contribution in [-0.4, -0.2) is 16.5 Å². The third kappa shape index (κ3) is 3.03. The van der Waals surface area contributed by atoms with E-state index in [1.54, 1.807) is 0 Å². The summed E-state index contributed by atoms with van der Waals surface area (Å²) in [5, 5.41) is 2.49. The van der Waals surface area contributed by atoms with Gasteiger partial charge < -0.3 is 10.7 Å². The van der Waals surface area contributed by atoms with Crippen LogP contribution in [-0.2, 0) is 6.42 Å². The van der Waals surface area contributed by atoms with Crippen LogP contribution in [0.1, 0.15) is 24.0 Å². The zero-order valence-electron chi connectivity index (χ0n) is 14.5. The standard InChI is InChI=1S/C22H23N3/c1-15-9-10-21-19(12-15)18(7-4-5-11-23)22(25-21)17-13-16-6-2-3-8-20(16)24-14-17/h2-3,6,8-10,12-14,25H,4-5,7,11,23H2,1H3. The summed E-state index contributed by atoms with van der Waals surface area (Å²) in [6.07, 6.45) is 5.16. The molecule has 0 saturated heterocycles. The molecular formula is C22H23N3. The van der Waals surface area contributed by atoms with E-state index < -0.39 is 0 Å². The Kier molecular flexibility index (Phi) is 4.24. The molecule has 0 fully saturated rings. The summed E-state index contributed by atoms with van der Waals surface area (Å²) >= 11 is 0. The maximum atomic E-state index is 5.70. The number of benzene rings is 2.